The van der Waals surface area contributed by atoms with Crippen molar-refractivity contribution >= 4 is 0 Å². The van der Waals surface area contributed by atoms with Crippen molar-refractivity contribution < 1.29 is 0 Å². The van der Waals surface area contributed by atoms with Crippen molar-refractivity contribution in [3.8, 4) is 0 Å². The minimum Gasteiger partial charge on any atom is -0.0654 e. The Kier molecular flexibility index (Phi) is 16.4. The molecule has 0 aromatic carbocycles. The summed E-state index contributed by atoms with van der Waals surface area (Å²) < 4.78 is 0. The van der Waals surface area contributed by atoms with Crippen molar-refractivity contribution in [2.75, 3.05) is 0 Å². The lowest BCUT2D eigenvalue weighted by Gasteiger charge is -2.41. The van der Waals surface area contributed by atoms with Gasteiger partial charge in [-0.15, -0.1) is 0 Å². The second-order valence-corrected chi connectivity index (χ2v) is 12.0. The Bertz CT molecular complexity index is 336. The molecule has 1 saturated carbocycles. The quantitative estimate of drug-likeness (QED) is 0.182. The SMILES string of the molecule is CCCCCCC1CCC(CCCCCCC(C)C)(CCCCCCC(C)C)CC1. The van der Waals surface area contributed by atoms with Gasteiger partial charge in [0.1, 0.15) is 0 Å². The second kappa shape index (κ2) is 17.5. The molecular weight excluding hydrogens is 360 g/mol. The smallest absolute Gasteiger partial charge is 0.0297 e. The molecule has 0 unspecified atom stereocenters. The van der Waals surface area contributed by atoms with Gasteiger partial charge in [-0.2, -0.15) is 0 Å². The standard InChI is InChI=1S/C30H60/c1-6-7-8-15-20-29-21-25-30(26-22-29,23-16-11-9-13-18-27(2)3)24-17-12-10-14-19-28(4)5/h27-29H,6-26H2,1-5H3. The van der Waals surface area contributed by atoms with Gasteiger partial charge < -0.3 is 0 Å². The summed E-state index contributed by atoms with van der Waals surface area (Å²) in [7, 11) is 0. The van der Waals surface area contributed by atoms with E-state index in [0.29, 0.717) is 0 Å². The zero-order chi connectivity index (χ0) is 22.1. The highest BCUT2D eigenvalue weighted by Gasteiger charge is 2.34. The minimum atomic E-state index is 0.732. The molecule has 0 heteroatoms. The van der Waals surface area contributed by atoms with E-state index in [1.54, 1.807) is 38.5 Å². The Labute approximate surface area is 192 Å². The van der Waals surface area contributed by atoms with Crippen molar-refractivity contribution in [1.29, 1.82) is 0 Å². The summed E-state index contributed by atoms with van der Waals surface area (Å²) in [6, 6.07) is 0. The third-order valence-corrected chi connectivity index (χ3v) is 8.11. The normalized spacial score (nSPS) is 17.3. The molecule has 1 aliphatic rings. The second-order valence-electron chi connectivity index (χ2n) is 12.0. The lowest BCUT2D eigenvalue weighted by atomic mass is 9.64. The average molecular weight is 421 g/mol. The molecule has 0 bridgehead atoms. The highest BCUT2D eigenvalue weighted by atomic mass is 14.4. The van der Waals surface area contributed by atoms with E-state index < -0.39 is 0 Å². The molecule has 0 nitrogen and oxygen atoms in total. The van der Waals surface area contributed by atoms with Gasteiger partial charge in [-0.25, -0.2) is 0 Å². The molecule has 180 valence electrons. The van der Waals surface area contributed by atoms with Crippen LogP contribution in [0.4, 0.5) is 0 Å². The molecule has 0 spiro atoms. The Hall–Kier alpha value is 0. The van der Waals surface area contributed by atoms with Gasteiger partial charge in [0.25, 0.3) is 0 Å². The van der Waals surface area contributed by atoms with Crippen LogP contribution in [0.25, 0.3) is 0 Å². The van der Waals surface area contributed by atoms with Gasteiger partial charge in [-0.3, -0.25) is 0 Å². The van der Waals surface area contributed by atoms with Crippen molar-refractivity contribution in [2.24, 2.45) is 23.2 Å². The maximum absolute atomic E-state index is 2.37. The lowest BCUT2D eigenvalue weighted by Crippen LogP contribution is -2.28. The molecule has 0 aliphatic heterocycles. The van der Waals surface area contributed by atoms with Gasteiger partial charge in [0.2, 0.25) is 0 Å². The van der Waals surface area contributed by atoms with Crippen molar-refractivity contribution in [2.45, 2.75) is 169 Å². The fourth-order valence-corrected chi connectivity index (χ4v) is 5.88. The summed E-state index contributed by atoms with van der Waals surface area (Å²) in [5, 5.41) is 0. The Morgan fingerprint density at radius 2 is 1.07 bits per heavy atom. The summed E-state index contributed by atoms with van der Waals surface area (Å²) >= 11 is 0. The molecular formula is C30H60. The van der Waals surface area contributed by atoms with Crippen LogP contribution in [0, 0.1) is 23.2 Å². The number of hydrogen-bond donors (Lipinski definition) is 0. The van der Waals surface area contributed by atoms with E-state index in [0.717, 1.165) is 23.2 Å². The molecule has 0 radical (unpaired) electrons. The molecule has 0 saturated heterocycles. The number of unbranched alkanes of at least 4 members (excludes halogenated alkanes) is 9. The maximum Gasteiger partial charge on any atom is -0.0297 e. The van der Waals surface area contributed by atoms with E-state index in [-0.39, 0.29) is 0 Å². The lowest BCUT2D eigenvalue weighted by molar-refractivity contribution is 0.111. The number of hydrogen-bond acceptors (Lipinski definition) is 0. The molecule has 0 heterocycles. The van der Waals surface area contributed by atoms with Crippen LogP contribution in [-0.2, 0) is 0 Å². The zero-order valence-corrected chi connectivity index (χ0v) is 22.1. The average Bonchev–Trinajstić information content (AvgIpc) is 2.71. The third-order valence-electron chi connectivity index (χ3n) is 8.11. The molecule has 0 atom stereocenters. The molecule has 0 aromatic rings. The van der Waals surface area contributed by atoms with Crippen LogP contribution in [-0.4, -0.2) is 0 Å². The van der Waals surface area contributed by atoms with E-state index in [4.69, 9.17) is 0 Å². The fraction of sp³-hybridized carbons (Fsp3) is 1.00. The predicted octanol–water partition coefficient (Wildman–Crippen LogP) is 11.1. The Morgan fingerprint density at radius 3 is 1.53 bits per heavy atom. The monoisotopic (exact) mass is 420 g/mol. The Balaban J connectivity index is 2.34. The van der Waals surface area contributed by atoms with Gasteiger partial charge in [-0.05, 0) is 61.7 Å². The van der Waals surface area contributed by atoms with Crippen LogP contribution in [0.1, 0.15) is 169 Å². The summed E-state index contributed by atoms with van der Waals surface area (Å²) in [5.74, 6) is 2.84. The zero-order valence-electron chi connectivity index (χ0n) is 22.1. The van der Waals surface area contributed by atoms with E-state index in [2.05, 4.69) is 34.6 Å². The largest absolute Gasteiger partial charge is 0.0654 e. The first kappa shape index (κ1) is 28.0. The maximum atomic E-state index is 2.37. The van der Waals surface area contributed by atoms with Crippen LogP contribution in [0.3, 0.4) is 0 Å². The van der Waals surface area contributed by atoms with Gasteiger partial charge >= 0.3 is 0 Å². The van der Waals surface area contributed by atoms with Crippen molar-refractivity contribution in [1.82, 2.24) is 0 Å². The van der Waals surface area contributed by atoms with Crippen LogP contribution in [0.15, 0.2) is 0 Å². The van der Waals surface area contributed by atoms with Gasteiger partial charge in [0.15, 0.2) is 0 Å². The molecule has 0 N–H and O–H groups in total. The number of rotatable bonds is 19. The van der Waals surface area contributed by atoms with E-state index in [1.807, 2.05) is 0 Å². The minimum absolute atomic E-state index is 0.732. The highest BCUT2D eigenvalue weighted by molar-refractivity contribution is 4.86. The first-order valence-corrected chi connectivity index (χ1v) is 14.5. The molecule has 1 fully saturated rings. The predicted molar refractivity (Wildman–Crippen MR) is 138 cm³/mol. The van der Waals surface area contributed by atoms with Crippen LogP contribution >= 0.6 is 0 Å². The van der Waals surface area contributed by atoms with Crippen LogP contribution in [0.5, 0.6) is 0 Å². The van der Waals surface area contributed by atoms with E-state index in [9.17, 15) is 0 Å². The summed E-state index contributed by atoms with van der Waals surface area (Å²) in [6.45, 7) is 11.8. The van der Waals surface area contributed by atoms with E-state index in [1.165, 1.54) is 96.3 Å². The first-order valence-electron chi connectivity index (χ1n) is 14.5. The van der Waals surface area contributed by atoms with Gasteiger partial charge in [0, 0.05) is 0 Å². The van der Waals surface area contributed by atoms with E-state index >= 15 is 0 Å². The van der Waals surface area contributed by atoms with Crippen molar-refractivity contribution in [3.63, 3.8) is 0 Å². The third kappa shape index (κ3) is 14.1. The molecule has 30 heavy (non-hydrogen) atoms. The Morgan fingerprint density at radius 1 is 0.600 bits per heavy atom. The van der Waals surface area contributed by atoms with Crippen LogP contribution in [0.2, 0.25) is 0 Å². The highest BCUT2D eigenvalue weighted by Crippen LogP contribution is 2.47. The van der Waals surface area contributed by atoms with Gasteiger partial charge in [0.05, 0.1) is 0 Å². The van der Waals surface area contributed by atoms with Gasteiger partial charge in [-0.1, -0.05) is 131 Å². The molecule has 0 amide bonds. The molecule has 0 aromatic heterocycles. The summed E-state index contributed by atoms with van der Waals surface area (Å²) in [6.07, 6.45) is 31.4. The molecule has 1 rings (SSSR count). The fourth-order valence-electron chi connectivity index (χ4n) is 5.88. The molecule has 1 aliphatic carbocycles. The summed E-state index contributed by atoms with van der Waals surface area (Å²) in [5.41, 5.74) is 0.732. The van der Waals surface area contributed by atoms with Crippen LogP contribution < -0.4 is 0 Å². The topological polar surface area (TPSA) is 0 Å². The first-order chi connectivity index (χ1) is 14.5. The van der Waals surface area contributed by atoms with Crippen molar-refractivity contribution in [3.05, 3.63) is 0 Å². The summed E-state index contributed by atoms with van der Waals surface area (Å²) in [4.78, 5) is 0.